The molecule has 0 spiro atoms. The molecule has 122 valence electrons. The smallest absolute Gasteiger partial charge is 0.272 e. The SMILES string of the molecule is O=C(c1cccc2nnnn12)N1CCC(Cc2cccc(O)c2)C1. The zero-order valence-electron chi connectivity index (χ0n) is 13.0. The molecule has 3 aromatic rings. The van der Waals surface area contributed by atoms with Gasteiger partial charge in [0, 0.05) is 13.1 Å². The van der Waals surface area contributed by atoms with Gasteiger partial charge in [-0.3, -0.25) is 4.79 Å². The molecule has 7 heteroatoms. The summed E-state index contributed by atoms with van der Waals surface area (Å²) in [6.07, 6.45) is 1.81. The van der Waals surface area contributed by atoms with Crippen LogP contribution < -0.4 is 0 Å². The molecule has 0 aliphatic carbocycles. The minimum absolute atomic E-state index is 0.0497. The maximum atomic E-state index is 12.8. The topological polar surface area (TPSA) is 83.6 Å². The normalized spacial score (nSPS) is 17.5. The van der Waals surface area contributed by atoms with Crippen molar-refractivity contribution in [3.8, 4) is 5.75 Å². The number of tetrazole rings is 1. The predicted octanol–water partition coefficient (Wildman–Crippen LogP) is 1.53. The molecule has 0 bridgehead atoms. The quantitative estimate of drug-likeness (QED) is 0.790. The third-order valence-corrected chi connectivity index (χ3v) is 4.45. The van der Waals surface area contributed by atoms with E-state index >= 15 is 0 Å². The van der Waals surface area contributed by atoms with Crippen molar-refractivity contribution in [2.24, 2.45) is 5.92 Å². The molecule has 1 amide bonds. The number of hydrogen-bond acceptors (Lipinski definition) is 5. The Balaban J connectivity index is 1.48. The van der Waals surface area contributed by atoms with Gasteiger partial charge in [-0.2, -0.15) is 4.52 Å². The van der Waals surface area contributed by atoms with Crippen LogP contribution >= 0.6 is 0 Å². The first-order chi connectivity index (χ1) is 11.7. The van der Waals surface area contributed by atoms with Gasteiger partial charge < -0.3 is 10.0 Å². The summed E-state index contributed by atoms with van der Waals surface area (Å²) in [7, 11) is 0. The fourth-order valence-corrected chi connectivity index (χ4v) is 3.29. The molecule has 1 atom stereocenters. The van der Waals surface area contributed by atoms with E-state index in [2.05, 4.69) is 15.5 Å². The van der Waals surface area contributed by atoms with Gasteiger partial charge in [-0.25, -0.2) is 0 Å². The van der Waals surface area contributed by atoms with Crippen molar-refractivity contribution in [3.63, 3.8) is 0 Å². The van der Waals surface area contributed by atoms with Crippen LogP contribution in [-0.4, -0.2) is 49.0 Å². The van der Waals surface area contributed by atoms with Gasteiger partial charge in [0.25, 0.3) is 5.91 Å². The summed E-state index contributed by atoms with van der Waals surface area (Å²) >= 11 is 0. The highest BCUT2D eigenvalue weighted by Crippen LogP contribution is 2.24. The third-order valence-electron chi connectivity index (χ3n) is 4.45. The molecule has 1 aliphatic heterocycles. The molecule has 24 heavy (non-hydrogen) atoms. The van der Waals surface area contributed by atoms with Crippen molar-refractivity contribution in [2.45, 2.75) is 12.8 Å². The molecule has 2 aromatic heterocycles. The lowest BCUT2D eigenvalue weighted by atomic mass is 9.98. The number of rotatable bonds is 3. The van der Waals surface area contributed by atoms with Gasteiger partial charge in [0.15, 0.2) is 5.65 Å². The Kier molecular flexibility index (Phi) is 3.60. The zero-order chi connectivity index (χ0) is 16.5. The molecule has 1 aromatic carbocycles. The maximum absolute atomic E-state index is 12.8. The third kappa shape index (κ3) is 2.68. The number of nitrogens with zero attached hydrogens (tertiary/aromatic N) is 5. The van der Waals surface area contributed by atoms with Crippen LogP contribution in [0.4, 0.5) is 0 Å². The summed E-state index contributed by atoms with van der Waals surface area (Å²) in [4.78, 5) is 14.6. The lowest BCUT2D eigenvalue weighted by molar-refractivity contribution is 0.0778. The molecule has 1 N–H and O–H groups in total. The Morgan fingerprint density at radius 2 is 2.12 bits per heavy atom. The first kappa shape index (κ1) is 14.6. The van der Waals surface area contributed by atoms with Gasteiger partial charge in [-0.15, -0.1) is 5.10 Å². The second kappa shape index (κ2) is 5.92. The van der Waals surface area contributed by atoms with Crippen molar-refractivity contribution in [2.75, 3.05) is 13.1 Å². The Morgan fingerprint density at radius 3 is 3.00 bits per heavy atom. The summed E-state index contributed by atoms with van der Waals surface area (Å²) in [6, 6.07) is 12.6. The number of phenols is 1. The molecule has 1 saturated heterocycles. The van der Waals surface area contributed by atoms with Gasteiger partial charge in [0.2, 0.25) is 0 Å². The average Bonchev–Trinajstić information content (AvgIpc) is 3.23. The molecule has 0 radical (unpaired) electrons. The molecular formula is C17H17N5O2. The van der Waals surface area contributed by atoms with Crippen LogP contribution in [0.15, 0.2) is 42.5 Å². The highest BCUT2D eigenvalue weighted by molar-refractivity contribution is 5.93. The molecular weight excluding hydrogens is 306 g/mol. The van der Waals surface area contributed by atoms with E-state index in [-0.39, 0.29) is 11.7 Å². The number of carbonyl (C=O) groups is 1. The van der Waals surface area contributed by atoms with Crippen LogP contribution in [0.25, 0.3) is 5.65 Å². The first-order valence-electron chi connectivity index (χ1n) is 7.95. The largest absolute Gasteiger partial charge is 0.508 e. The van der Waals surface area contributed by atoms with Crippen LogP contribution in [0.1, 0.15) is 22.5 Å². The predicted molar refractivity (Wildman–Crippen MR) is 86.6 cm³/mol. The fourth-order valence-electron chi connectivity index (χ4n) is 3.29. The van der Waals surface area contributed by atoms with Crippen molar-refractivity contribution < 1.29 is 9.90 Å². The van der Waals surface area contributed by atoms with E-state index in [0.717, 1.165) is 24.9 Å². The summed E-state index contributed by atoms with van der Waals surface area (Å²) in [5.74, 6) is 0.624. The monoisotopic (exact) mass is 323 g/mol. The van der Waals surface area contributed by atoms with Gasteiger partial charge in [0.05, 0.1) is 0 Å². The van der Waals surface area contributed by atoms with Crippen molar-refractivity contribution in [1.29, 1.82) is 0 Å². The summed E-state index contributed by atoms with van der Waals surface area (Å²) in [5, 5.41) is 21.0. The number of aromatic nitrogens is 4. The van der Waals surface area contributed by atoms with E-state index in [1.165, 1.54) is 4.52 Å². The average molecular weight is 323 g/mol. The zero-order valence-corrected chi connectivity index (χ0v) is 13.0. The summed E-state index contributed by atoms with van der Waals surface area (Å²) in [6.45, 7) is 1.42. The van der Waals surface area contributed by atoms with Crippen LogP contribution in [0, 0.1) is 5.92 Å². The summed E-state index contributed by atoms with van der Waals surface area (Å²) < 4.78 is 1.48. The molecule has 0 saturated carbocycles. The molecule has 7 nitrogen and oxygen atoms in total. The van der Waals surface area contributed by atoms with E-state index < -0.39 is 0 Å². The molecule has 1 unspecified atom stereocenters. The lowest BCUT2D eigenvalue weighted by Crippen LogP contribution is -2.30. The van der Waals surface area contributed by atoms with E-state index in [1.54, 1.807) is 30.3 Å². The maximum Gasteiger partial charge on any atom is 0.272 e. The number of amides is 1. The number of carbonyl (C=O) groups excluding carboxylic acids is 1. The van der Waals surface area contributed by atoms with Crippen molar-refractivity contribution >= 4 is 11.6 Å². The number of fused-ring (bicyclic) bond motifs is 1. The van der Waals surface area contributed by atoms with Crippen LogP contribution in [-0.2, 0) is 6.42 Å². The number of pyridine rings is 1. The van der Waals surface area contributed by atoms with Gasteiger partial charge in [-0.05, 0) is 59.0 Å². The standard InChI is InChI=1S/C17H17N5O2/c23-14-4-1-3-12(10-14)9-13-7-8-21(11-13)17(24)15-5-2-6-16-18-19-20-22(15)16/h1-6,10,13,23H,7-9,11H2. The Morgan fingerprint density at radius 1 is 1.25 bits per heavy atom. The van der Waals surface area contributed by atoms with E-state index in [0.29, 0.717) is 23.8 Å². The molecule has 1 aliphatic rings. The second-order valence-corrected chi connectivity index (χ2v) is 6.14. The fraction of sp³-hybridized carbons (Fsp3) is 0.294. The van der Waals surface area contributed by atoms with Gasteiger partial charge in [0.1, 0.15) is 11.4 Å². The van der Waals surface area contributed by atoms with E-state index in [4.69, 9.17) is 0 Å². The summed E-state index contributed by atoms with van der Waals surface area (Å²) in [5.41, 5.74) is 2.14. The number of likely N-dealkylation sites (tertiary alicyclic amines) is 1. The van der Waals surface area contributed by atoms with Crippen LogP contribution in [0.2, 0.25) is 0 Å². The van der Waals surface area contributed by atoms with Gasteiger partial charge >= 0.3 is 0 Å². The highest BCUT2D eigenvalue weighted by atomic mass is 16.3. The Bertz CT molecular complexity index is 891. The van der Waals surface area contributed by atoms with Crippen molar-refractivity contribution in [1.82, 2.24) is 24.9 Å². The van der Waals surface area contributed by atoms with E-state index in [9.17, 15) is 9.90 Å². The lowest BCUT2D eigenvalue weighted by Gasteiger charge is -2.17. The minimum Gasteiger partial charge on any atom is -0.508 e. The van der Waals surface area contributed by atoms with Crippen molar-refractivity contribution in [3.05, 3.63) is 53.7 Å². The Labute approximate surface area is 138 Å². The number of benzene rings is 1. The molecule has 4 rings (SSSR count). The minimum atomic E-state index is -0.0497. The second-order valence-electron chi connectivity index (χ2n) is 6.14. The number of hydrogen-bond donors (Lipinski definition) is 1. The number of aromatic hydroxyl groups is 1. The van der Waals surface area contributed by atoms with Crippen LogP contribution in [0.3, 0.4) is 0 Å². The first-order valence-corrected chi connectivity index (χ1v) is 7.95. The van der Waals surface area contributed by atoms with E-state index in [1.807, 2.05) is 17.0 Å². The Hall–Kier alpha value is -2.96. The van der Waals surface area contributed by atoms with Gasteiger partial charge in [-0.1, -0.05) is 18.2 Å². The highest BCUT2D eigenvalue weighted by Gasteiger charge is 2.28. The van der Waals surface area contributed by atoms with Crippen LogP contribution in [0.5, 0.6) is 5.75 Å². The molecule has 3 heterocycles. The number of phenolic OH excluding ortho intramolecular Hbond substituents is 1. The molecule has 1 fully saturated rings.